The molecule has 1 heteroatoms. The maximum absolute atomic E-state index is 12.1. The standard InChI is InChI=1S/C22H39F/c1-2-3-5-8-19-10-14-21(15-11-19)22-16-12-20(13-17-22)9-6-4-7-18-23/h6,9,19-22H,2-5,7-8,10-18H2,1H3/b9-6+/t19-,20?,21-,22?. The fourth-order valence-corrected chi connectivity index (χ4v) is 4.92. The van der Waals surface area contributed by atoms with Crippen LogP contribution < -0.4 is 0 Å². The molecule has 2 saturated carbocycles. The molecule has 0 bridgehead atoms. The first kappa shape index (κ1) is 19.0. The van der Waals surface area contributed by atoms with Gasteiger partial charge in [-0.2, -0.15) is 0 Å². The van der Waals surface area contributed by atoms with E-state index in [0.29, 0.717) is 6.42 Å². The van der Waals surface area contributed by atoms with Crippen LogP contribution in [0, 0.1) is 23.7 Å². The minimum Gasteiger partial charge on any atom is -0.251 e. The molecule has 0 atom stereocenters. The van der Waals surface area contributed by atoms with Crippen molar-refractivity contribution in [3.05, 3.63) is 12.2 Å². The highest BCUT2D eigenvalue weighted by Gasteiger charge is 2.30. The molecule has 23 heavy (non-hydrogen) atoms. The number of rotatable bonds is 9. The second-order valence-electron chi connectivity index (χ2n) is 8.21. The Balaban J connectivity index is 1.60. The molecule has 2 aliphatic rings. The molecule has 0 unspecified atom stereocenters. The average Bonchev–Trinajstić information content (AvgIpc) is 2.60. The van der Waals surface area contributed by atoms with Gasteiger partial charge < -0.3 is 0 Å². The molecule has 134 valence electrons. The van der Waals surface area contributed by atoms with Crippen molar-refractivity contribution in [1.82, 2.24) is 0 Å². The molecule has 0 heterocycles. The molecule has 2 rings (SSSR count). The predicted octanol–water partition coefficient (Wildman–Crippen LogP) is 7.49. The Morgan fingerprint density at radius 3 is 2.09 bits per heavy atom. The molecule has 2 fully saturated rings. The van der Waals surface area contributed by atoms with E-state index in [-0.39, 0.29) is 6.67 Å². The molecular formula is C22H39F. The van der Waals surface area contributed by atoms with Gasteiger partial charge in [0, 0.05) is 0 Å². The smallest absolute Gasteiger partial charge is 0.0897 e. The van der Waals surface area contributed by atoms with Crippen LogP contribution in [-0.2, 0) is 0 Å². The van der Waals surface area contributed by atoms with Crippen molar-refractivity contribution in [2.24, 2.45) is 23.7 Å². The van der Waals surface area contributed by atoms with Crippen LogP contribution >= 0.6 is 0 Å². The van der Waals surface area contributed by atoms with Crippen molar-refractivity contribution in [1.29, 1.82) is 0 Å². The lowest BCUT2D eigenvalue weighted by molar-refractivity contribution is 0.151. The Kier molecular flexibility index (Phi) is 9.31. The zero-order chi connectivity index (χ0) is 16.3. The van der Waals surface area contributed by atoms with Crippen LogP contribution in [0.4, 0.5) is 4.39 Å². The molecule has 0 nitrogen and oxygen atoms in total. The summed E-state index contributed by atoms with van der Waals surface area (Å²) in [6, 6.07) is 0. The normalized spacial score (nSPS) is 32.4. The van der Waals surface area contributed by atoms with E-state index in [1.807, 2.05) is 0 Å². The van der Waals surface area contributed by atoms with E-state index >= 15 is 0 Å². The van der Waals surface area contributed by atoms with Gasteiger partial charge in [-0.25, -0.2) is 0 Å². The second kappa shape index (κ2) is 11.3. The Bertz CT molecular complexity index is 306. The van der Waals surface area contributed by atoms with Crippen molar-refractivity contribution >= 4 is 0 Å². The molecule has 0 aliphatic heterocycles. The van der Waals surface area contributed by atoms with E-state index in [2.05, 4.69) is 19.1 Å². The van der Waals surface area contributed by atoms with E-state index < -0.39 is 0 Å². The van der Waals surface area contributed by atoms with Gasteiger partial charge in [-0.15, -0.1) is 0 Å². The first-order valence-electron chi connectivity index (χ1n) is 10.6. The highest BCUT2D eigenvalue weighted by Crippen LogP contribution is 2.42. The summed E-state index contributed by atoms with van der Waals surface area (Å²) in [6.07, 6.45) is 23.7. The van der Waals surface area contributed by atoms with E-state index in [1.54, 1.807) is 0 Å². The van der Waals surface area contributed by atoms with E-state index in [0.717, 1.165) is 30.1 Å². The van der Waals surface area contributed by atoms with Gasteiger partial charge in [0.1, 0.15) is 0 Å². The number of halogens is 1. The average molecular weight is 323 g/mol. The lowest BCUT2D eigenvalue weighted by Gasteiger charge is -2.37. The summed E-state index contributed by atoms with van der Waals surface area (Å²) in [5, 5.41) is 0. The van der Waals surface area contributed by atoms with Crippen LogP contribution in [0.5, 0.6) is 0 Å². The molecule has 0 N–H and O–H groups in total. The van der Waals surface area contributed by atoms with Crippen LogP contribution in [0.15, 0.2) is 12.2 Å². The van der Waals surface area contributed by atoms with Crippen LogP contribution in [0.25, 0.3) is 0 Å². The third kappa shape index (κ3) is 6.98. The van der Waals surface area contributed by atoms with Gasteiger partial charge in [0.05, 0.1) is 6.67 Å². The lowest BCUT2D eigenvalue weighted by Crippen LogP contribution is -2.25. The molecular weight excluding hydrogens is 283 g/mol. The Labute approximate surface area is 144 Å². The van der Waals surface area contributed by atoms with Crippen molar-refractivity contribution in [3.63, 3.8) is 0 Å². The number of alkyl halides is 1. The largest absolute Gasteiger partial charge is 0.251 e. The van der Waals surface area contributed by atoms with Gasteiger partial charge >= 0.3 is 0 Å². The second-order valence-corrected chi connectivity index (χ2v) is 8.21. The number of hydrogen-bond donors (Lipinski definition) is 0. The van der Waals surface area contributed by atoms with Crippen molar-refractivity contribution < 1.29 is 4.39 Å². The predicted molar refractivity (Wildman–Crippen MR) is 99.4 cm³/mol. The monoisotopic (exact) mass is 322 g/mol. The summed E-state index contributed by atoms with van der Waals surface area (Å²) in [6.45, 7) is 2.14. The van der Waals surface area contributed by atoms with Crippen molar-refractivity contribution in [3.8, 4) is 0 Å². The molecule has 2 aliphatic carbocycles. The van der Waals surface area contributed by atoms with Crippen molar-refractivity contribution in [2.45, 2.75) is 96.8 Å². The SMILES string of the molecule is CCCCC[C@H]1CC[C@H](C2CCC(/C=C/CCCF)CC2)CC1. The summed E-state index contributed by atoms with van der Waals surface area (Å²) >= 11 is 0. The zero-order valence-electron chi connectivity index (χ0n) is 15.4. The number of unbranched alkanes of at least 4 members (excludes halogenated alkanes) is 3. The number of hydrogen-bond acceptors (Lipinski definition) is 0. The first-order chi connectivity index (χ1) is 11.3. The Hall–Kier alpha value is -0.330. The maximum atomic E-state index is 12.1. The highest BCUT2D eigenvalue weighted by molar-refractivity contribution is 4.92. The Morgan fingerprint density at radius 2 is 1.48 bits per heavy atom. The van der Waals surface area contributed by atoms with E-state index in [9.17, 15) is 4.39 Å². The van der Waals surface area contributed by atoms with Gasteiger partial charge in [-0.05, 0) is 75.0 Å². The molecule has 0 aromatic rings. The van der Waals surface area contributed by atoms with Crippen molar-refractivity contribution in [2.75, 3.05) is 6.67 Å². The zero-order valence-corrected chi connectivity index (χ0v) is 15.4. The summed E-state index contributed by atoms with van der Waals surface area (Å²) < 4.78 is 12.1. The fraction of sp³-hybridized carbons (Fsp3) is 0.909. The summed E-state index contributed by atoms with van der Waals surface area (Å²) in [4.78, 5) is 0. The molecule has 0 aromatic carbocycles. The van der Waals surface area contributed by atoms with Crippen LogP contribution in [0.1, 0.15) is 96.8 Å². The molecule has 0 amide bonds. The molecule has 0 aromatic heterocycles. The van der Waals surface area contributed by atoms with Gasteiger partial charge in [0.2, 0.25) is 0 Å². The van der Waals surface area contributed by atoms with Crippen LogP contribution in [0.3, 0.4) is 0 Å². The molecule has 0 saturated heterocycles. The van der Waals surface area contributed by atoms with Crippen LogP contribution in [0.2, 0.25) is 0 Å². The lowest BCUT2D eigenvalue weighted by atomic mass is 9.68. The minimum atomic E-state index is -0.168. The highest BCUT2D eigenvalue weighted by atomic mass is 19.1. The van der Waals surface area contributed by atoms with Crippen LogP contribution in [-0.4, -0.2) is 6.67 Å². The Morgan fingerprint density at radius 1 is 0.826 bits per heavy atom. The summed E-state index contributed by atoms with van der Waals surface area (Å²) in [5.74, 6) is 3.89. The quantitative estimate of drug-likeness (QED) is 0.305. The van der Waals surface area contributed by atoms with Gasteiger partial charge in [0.25, 0.3) is 0 Å². The maximum Gasteiger partial charge on any atom is 0.0897 e. The van der Waals surface area contributed by atoms with Gasteiger partial charge in [-0.3, -0.25) is 4.39 Å². The summed E-state index contributed by atoms with van der Waals surface area (Å²) in [5.41, 5.74) is 0. The topological polar surface area (TPSA) is 0 Å². The van der Waals surface area contributed by atoms with Gasteiger partial charge in [0.15, 0.2) is 0 Å². The van der Waals surface area contributed by atoms with E-state index in [1.165, 1.54) is 77.0 Å². The minimum absolute atomic E-state index is 0.168. The third-order valence-electron chi connectivity index (χ3n) is 6.50. The fourth-order valence-electron chi connectivity index (χ4n) is 4.92. The number of allylic oxidation sites excluding steroid dienone is 2. The first-order valence-corrected chi connectivity index (χ1v) is 10.6. The van der Waals surface area contributed by atoms with Gasteiger partial charge in [-0.1, -0.05) is 57.6 Å². The third-order valence-corrected chi connectivity index (χ3v) is 6.50. The molecule has 0 radical (unpaired) electrons. The van der Waals surface area contributed by atoms with E-state index in [4.69, 9.17) is 0 Å². The molecule has 0 spiro atoms. The summed E-state index contributed by atoms with van der Waals surface area (Å²) in [7, 11) is 0.